The number of anilines is 1. The van der Waals surface area contributed by atoms with Gasteiger partial charge in [-0.3, -0.25) is 0 Å². The van der Waals surface area contributed by atoms with E-state index in [4.69, 9.17) is 0 Å². The van der Waals surface area contributed by atoms with Gasteiger partial charge in [0.25, 0.3) is 0 Å². The van der Waals surface area contributed by atoms with E-state index in [0.717, 1.165) is 23.0 Å². The second-order valence-corrected chi connectivity index (χ2v) is 4.16. The van der Waals surface area contributed by atoms with Crippen LogP contribution in [0.3, 0.4) is 0 Å². The van der Waals surface area contributed by atoms with Crippen molar-refractivity contribution in [1.29, 1.82) is 0 Å². The SMILES string of the molecule is Cc1csc(CNc2ncc(F)cc2F)n1. The molecule has 0 spiro atoms. The number of pyridine rings is 1. The smallest absolute Gasteiger partial charge is 0.168 e. The number of halogens is 2. The number of nitrogens with one attached hydrogen (secondary N) is 1. The molecule has 0 aliphatic rings. The predicted molar refractivity (Wildman–Crippen MR) is 58.3 cm³/mol. The molecule has 84 valence electrons. The zero-order chi connectivity index (χ0) is 11.5. The van der Waals surface area contributed by atoms with Crippen molar-refractivity contribution < 1.29 is 8.78 Å². The Morgan fingerprint density at radius 1 is 1.44 bits per heavy atom. The molecule has 2 rings (SSSR count). The Balaban J connectivity index is 2.04. The van der Waals surface area contributed by atoms with Crippen LogP contribution in [-0.2, 0) is 6.54 Å². The number of aryl methyl sites for hydroxylation is 1. The van der Waals surface area contributed by atoms with Crippen LogP contribution in [0.2, 0.25) is 0 Å². The lowest BCUT2D eigenvalue weighted by molar-refractivity contribution is 0.575. The molecule has 6 heteroatoms. The van der Waals surface area contributed by atoms with Crippen molar-refractivity contribution in [2.45, 2.75) is 13.5 Å². The van der Waals surface area contributed by atoms with Gasteiger partial charge in [0.05, 0.1) is 12.7 Å². The summed E-state index contributed by atoms with van der Waals surface area (Å²) >= 11 is 1.48. The van der Waals surface area contributed by atoms with E-state index in [2.05, 4.69) is 15.3 Å². The maximum Gasteiger partial charge on any atom is 0.168 e. The second-order valence-electron chi connectivity index (χ2n) is 3.22. The Morgan fingerprint density at radius 3 is 2.88 bits per heavy atom. The summed E-state index contributed by atoms with van der Waals surface area (Å²) in [5, 5.41) is 5.51. The number of aromatic nitrogens is 2. The fourth-order valence-electron chi connectivity index (χ4n) is 1.19. The van der Waals surface area contributed by atoms with Crippen LogP contribution in [0.25, 0.3) is 0 Å². The van der Waals surface area contributed by atoms with E-state index in [0.29, 0.717) is 6.54 Å². The average Bonchev–Trinajstić information content (AvgIpc) is 2.63. The van der Waals surface area contributed by atoms with E-state index in [1.165, 1.54) is 11.3 Å². The standard InChI is InChI=1S/C10H9F2N3S/c1-6-5-16-9(15-6)4-14-10-8(12)2-7(11)3-13-10/h2-3,5H,4H2,1H3,(H,13,14). The first-order valence-electron chi connectivity index (χ1n) is 4.61. The van der Waals surface area contributed by atoms with Crippen LogP contribution >= 0.6 is 11.3 Å². The summed E-state index contributed by atoms with van der Waals surface area (Å²) in [6.45, 7) is 2.27. The third-order valence-electron chi connectivity index (χ3n) is 1.88. The van der Waals surface area contributed by atoms with Crippen molar-refractivity contribution in [2.24, 2.45) is 0 Å². The van der Waals surface area contributed by atoms with Crippen molar-refractivity contribution >= 4 is 17.2 Å². The fraction of sp³-hybridized carbons (Fsp3) is 0.200. The Hall–Kier alpha value is -1.56. The molecule has 2 heterocycles. The molecule has 0 amide bonds. The Morgan fingerprint density at radius 2 is 2.25 bits per heavy atom. The molecule has 2 aromatic heterocycles. The molecular weight excluding hydrogens is 232 g/mol. The predicted octanol–water partition coefficient (Wildman–Crippen LogP) is 2.74. The number of nitrogens with zero attached hydrogens (tertiary/aromatic N) is 2. The summed E-state index contributed by atoms with van der Waals surface area (Å²) < 4.78 is 25.7. The van der Waals surface area contributed by atoms with Crippen molar-refractivity contribution in [1.82, 2.24) is 9.97 Å². The first kappa shape index (κ1) is 10.9. The van der Waals surface area contributed by atoms with Gasteiger partial charge < -0.3 is 5.32 Å². The van der Waals surface area contributed by atoms with Crippen LogP contribution < -0.4 is 5.32 Å². The molecule has 0 saturated heterocycles. The van der Waals surface area contributed by atoms with E-state index >= 15 is 0 Å². The van der Waals surface area contributed by atoms with Crippen LogP contribution in [0.15, 0.2) is 17.6 Å². The minimum absolute atomic E-state index is 0.0363. The Kier molecular flexibility index (Phi) is 3.09. The summed E-state index contributed by atoms with van der Waals surface area (Å²) in [5.74, 6) is -1.35. The molecule has 0 aliphatic carbocycles. The normalized spacial score (nSPS) is 10.4. The summed E-state index contributed by atoms with van der Waals surface area (Å²) in [6, 6.07) is 0.794. The lowest BCUT2D eigenvalue weighted by Gasteiger charge is -2.03. The maximum absolute atomic E-state index is 13.2. The topological polar surface area (TPSA) is 37.8 Å². The van der Waals surface area contributed by atoms with Crippen LogP contribution in [-0.4, -0.2) is 9.97 Å². The van der Waals surface area contributed by atoms with Gasteiger partial charge in [-0.25, -0.2) is 18.7 Å². The molecule has 0 aromatic carbocycles. The molecule has 0 aliphatic heterocycles. The molecular formula is C10H9F2N3S. The van der Waals surface area contributed by atoms with E-state index in [-0.39, 0.29) is 5.82 Å². The van der Waals surface area contributed by atoms with Gasteiger partial charge in [0.2, 0.25) is 0 Å². The van der Waals surface area contributed by atoms with Crippen molar-refractivity contribution in [3.05, 3.63) is 40.0 Å². The first-order valence-corrected chi connectivity index (χ1v) is 5.49. The van der Waals surface area contributed by atoms with Crippen molar-refractivity contribution in [2.75, 3.05) is 5.32 Å². The molecule has 0 atom stereocenters. The van der Waals surface area contributed by atoms with Crippen molar-refractivity contribution in [3.8, 4) is 0 Å². The van der Waals surface area contributed by atoms with Gasteiger partial charge in [-0.15, -0.1) is 11.3 Å². The van der Waals surface area contributed by atoms with Crippen LogP contribution in [0, 0.1) is 18.6 Å². The second kappa shape index (κ2) is 4.52. The highest BCUT2D eigenvalue weighted by atomic mass is 32.1. The fourth-order valence-corrected chi connectivity index (χ4v) is 1.90. The monoisotopic (exact) mass is 241 g/mol. The van der Waals surface area contributed by atoms with Crippen molar-refractivity contribution in [3.63, 3.8) is 0 Å². The van der Waals surface area contributed by atoms with Crippen LogP contribution in [0.4, 0.5) is 14.6 Å². The number of rotatable bonds is 3. The summed E-state index contributed by atoms with van der Waals surface area (Å²) in [6.07, 6.45) is 0.971. The van der Waals surface area contributed by atoms with Crippen LogP contribution in [0.1, 0.15) is 10.7 Å². The third-order valence-corrected chi connectivity index (χ3v) is 2.85. The lowest BCUT2D eigenvalue weighted by Crippen LogP contribution is -2.03. The molecule has 0 saturated carbocycles. The van der Waals surface area contributed by atoms with Crippen LogP contribution in [0.5, 0.6) is 0 Å². The molecule has 3 nitrogen and oxygen atoms in total. The molecule has 0 unspecified atom stereocenters. The molecule has 1 N–H and O–H groups in total. The average molecular weight is 241 g/mol. The van der Waals surface area contributed by atoms with E-state index < -0.39 is 11.6 Å². The van der Waals surface area contributed by atoms with E-state index in [1.807, 2.05) is 12.3 Å². The van der Waals surface area contributed by atoms with Gasteiger partial charge in [-0.2, -0.15) is 0 Å². The lowest BCUT2D eigenvalue weighted by atomic mass is 10.4. The number of hydrogen-bond acceptors (Lipinski definition) is 4. The molecule has 0 radical (unpaired) electrons. The Bertz CT molecular complexity index is 499. The number of thiazole rings is 1. The van der Waals surface area contributed by atoms with Gasteiger partial charge >= 0.3 is 0 Å². The van der Waals surface area contributed by atoms with E-state index in [1.54, 1.807) is 0 Å². The maximum atomic E-state index is 13.2. The zero-order valence-electron chi connectivity index (χ0n) is 8.50. The van der Waals surface area contributed by atoms with Gasteiger partial charge in [-0.05, 0) is 6.92 Å². The first-order chi connectivity index (χ1) is 7.65. The van der Waals surface area contributed by atoms with Gasteiger partial charge in [0.15, 0.2) is 11.6 Å². The minimum Gasteiger partial charge on any atom is -0.361 e. The summed E-state index contributed by atoms with van der Waals surface area (Å²) in [4.78, 5) is 7.82. The largest absolute Gasteiger partial charge is 0.361 e. The zero-order valence-corrected chi connectivity index (χ0v) is 9.31. The highest BCUT2D eigenvalue weighted by Crippen LogP contribution is 2.14. The molecule has 0 bridgehead atoms. The highest BCUT2D eigenvalue weighted by Gasteiger charge is 2.05. The Labute approximate surface area is 95.2 Å². The van der Waals surface area contributed by atoms with Gasteiger partial charge in [0.1, 0.15) is 10.8 Å². The molecule has 0 fully saturated rings. The number of hydrogen-bond donors (Lipinski definition) is 1. The molecule has 16 heavy (non-hydrogen) atoms. The highest BCUT2D eigenvalue weighted by molar-refractivity contribution is 7.09. The molecule has 2 aromatic rings. The van der Waals surface area contributed by atoms with Gasteiger partial charge in [0, 0.05) is 17.1 Å². The minimum atomic E-state index is -0.701. The summed E-state index contributed by atoms with van der Waals surface area (Å²) in [7, 11) is 0. The third kappa shape index (κ3) is 2.52. The summed E-state index contributed by atoms with van der Waals surface area (Å²) in [5.41, 5.74) is 0.925. The van der Waals surface area contributed by atoms with E-state index in [9.17, 15) is 8.78 Å². The quantitative estimate of drug-likeness (QED) is 0.897. The van der Waals surface area contributed by atoms with Gasteiger partial charge in [-0.1, -0.05) is 0 Å².